The normalized spacial score (nSPS) is 17.9. The topological polar surface area (TPSA) is 6.48 Å². The average Bonchev–Trinajstić information content (AvgIpc) is 2.46. The molecule has 0 atom stereocenters. The first-order valence-corrected chi connectivity index (χ1v) is 8.01. The fourth-order valence-corrected chi connectivity index (χ4v) is 5.77. The van der Waals surface area contributed by atoms with Gasteiger partial charge in [0.15, 0.2) is 0 Å². The van der Waals surface area contributed by atoms with Crippen molar-refractivity contribution < 1.29 is 0 Å². The summed E-state index contributed by atoms with van der Waals surface area (Å²) >= 11 is 0. The maximum Gasteiger partial charge on any atom is 0.247 e. The molecule has 0 N–H and O–H groups in total. The molecule has 1 aliphatic heterocycles. The van der Waals surface area contributed by atoms with Crippen molar-refractivity contribution in [3.05, 3.63) is 12.4 Å². The van der Waals surface area contributed by atoms with Crippen molar-refractivity contribution in [3.8, 4) is 0 Å². The second-order valence-corrected chi connectivity index (χ2v) is 8.12. The van der Waals surface area contributed by atoms with E-state index in [4.69, 9.17) is 0 Å². The van der Waals surface area contributed by atoms with Crippen LogP contribution in [0.1, 0.15) is 41.5 Å². The van der Waals surface area contributed by atoms with Gasteiger partial charge in [-0.1, -0.05) is 13.8 Å². The fraction of sp³-hybridized carbons (Fsp3) is 0.833. The monoisotopic (exact) mass is 226 g/mol. The Morgan fingerprint density at radius 3 is 1.53 bits per heavy atom. The molecule has 0 saturated carbocycles. The van der Waals surface area contributed by atoms with Gasteiger partial charge in [-0.3, -0.25) is 0 Å². The summed E-state index contributed by atoms with van der Waals surface area (Å²) in [5.74, 6) is 0.809. The second kappa shape index (κ2) is 5.06. The zero-order valence-corrected chi connectivity index (χ0v) is 12.2. The summed E-state index contributed by atoms with van der Waals surface area (Å²) < 4.78 is 5.22. The van der Waals surface area contributed by atoms with Gasteiger partial charge in [-0.2, -0.15) is 0 Å². The third-order valence-electron chi connectivity index (χ3n) is 2.97. The van der Waals surface area contributed by atoms with Crippen LogP contribution < -0.4 is 0 Å². The van der Waals surface area contributed by atoms with Gasteiger partial charge in [-0.15, -0.1) is 0 Å². The molecule has 15 heavy (non-hydrogen) atoms. The molecule has 1 rings (SSSR count). The van der Waals surface area contributed by atoms with Gasteiger partial charge in [0.1, 0.15) is 0 Å². The lowest BCUT2D eigenvalue weighted by atomic mass is 10.3. The predicted octanol–water partition coefficient (Wildman–Crippen LogP) is 2.77. The zero-order chi connectivity index (χ0) is 11.6. The van der Waals surface area contributed by atoms with E-state index in [-0.39, 0.29) is 0 Å². The van der Waals surface area contributed by atoms with Gasteiger partial charge >= 0.3 is 0 Å². The SMILES string of the molecule is CC(C)C[SiH]1N(C(C)C)C=CN1C(C)C. The summed E-state index contributed by atoms with van der Waals surface area (Å²) in [6, 6.07) is 2.68. The first-order valence-electron chi connectivity index (χ1n) is 6.16. The number of rotatable bonds is 4. The minimum Gasteiger partial charge on any atom is -0.386 e. The molecular weight excluding hydrogens is 200 g/mol. The molecule has 2 nitrogen and oxygen atoms in total. The highest BCUT2D eigenvalue weighted by molar-refractivity contribution is 6.54. The highest BCUT2D eigenvalue weighted by atomic mass is 28.3. The predicted molar refractivity (Wildman–Crippen MR) is 69.9 cm³/mol. The average molecular weight is 226 g/mol. The van der Waals surface area contributed by atoms with Crippen LogP contribution >= 0.6 is 0 Å². The number of hydrogen-bond acceptors (Lipinski definition) is 2. The van der Waals surface area contributed by atoms with Crippen molar-refractivity contribution >= 4 is 9.12 Å². The van der Waals surface area contributed by atoms with Crippen LogP contribution in [-0.4, -0.2) is 30.3 Å². The van der Waals surface area contributed by atoms with Crippen LogP contribution in [0.3, 0.4) is 0 Å². The van der Waals surface area contributed by atoms with Crippen molar-refractivity contribution in [2.24, 2.45) is 5.92 Å². The second-order valence-electron chi connectivity index (χ2n) is 5.49. The van der Waals surface area contributed by atoms with Crippen molar-refractivity contribution in [3.63, 3.8) is 0 Å². The molecule has 0 aliphatic carbocycles. The van der Waals surface area contributed by atoms with Crippen molar-refractivity contribution in [1.29, 1.82) is 0 Å². The molecule has 88 valence electrons. The first kappa shape index (κ1) is 12.6. The summed E-state index contributed by atoms with van der Waals surface area (Å²) in [5, 5.41) is 0. The molecule has 0 aromatic carbocycles. The van der Waals surface area contributed by atoms with Crippen LogP contribution in [0.15, 0.2) is 12.4 Å². The van der Waals surface area contributed by atoms with E-state index in [1.54, 1.807) is 0 Å². The molecule has 0 spiro atoms. The lowest BCUT2D eigenvalue weighted by Gasteiger charge is -2.36. The summed E-state index contributed by atoms with van der Waals surface area (Å²) in [7, 11) is -0.929. The van der Waals surface area contributed by atoms with Crippen molar-refractivity contribution in [2.75, 3.05) is 0 Å². The minimum absolute atomic E-state index is 0.653. The molecule has 0 amide bonds. The van der Waals surface area contributed by atoms with E-state index in [1.807, 2.05) is 0 Å². The lowest BCUT2D eigenvalue weighted by Crippen LogP contribution is -2.49. The summed E-state index contributed by atoms with van der Waals surface area (Å²) in [5.41, 5.74) is 0. The van der Waals surface area contributed by atoms with Crippen LogP contribution in [0.5, 0.6) is 0 Å². The Labute approximate surface area is 96.7 Å². The van der Waals surface area contributed by atoms with Gasteiger partial charge in [0.25, 0.3) is 0 Å². The first-order chi connectivity index (χ1) is 6.93. The van der Waals surface area contributed by atoms with Crippen LogP contribution in [0, 0.1) is 5.92 Å². The number of hydrogen-bond donors (Lipinski definition) is 0. The molecular formula is C12H26N2Si. The number of nitrogens with zero attached hydrogens (tertiary/aromatic N) is 2. The summed E-state index contributed by atoms with van der Waals surface area (Å²) in [4.78, 5) is 0. The Morgan fingerprint density at radius 2 is 1.27 bits per heavy atom. The van der Waals surface area contributed by atoms with E-state index in [2.05, 4.69) is 63.1 Å². The van der Waals surface area contributed by atoms with Gasteiger partial charge in [0, 0.05) is 24.5 Å². The maximum absolute atomic E-state index is 2.61. The fourth-order valence-electron chi connectivity index (χ4n) is 2.20. The van der Waals surface area contributed by atoms with Crippen molar-refractivity contribution in [1.82, 2.24) is 9.13 Å². The largest absolute Gasteiger partial charge is 0.386 e. The summed E-state index contributed by atoms with van der Waals surface area (Å²) in [6.07, 6.45) is 4.62. The van der Waals surface area contributed by atoms with Crippen molar-refractivity contribution in [2.45, 2.75) is 59.7 Å². The molecule has 0 bridgehead atoms. The van der Waals surface area contributed by atoms with Gasteiger partial charge in [0.2, 0.25) is 9.12 Å². The smallest absolute Gasteiger partial charge is 0.247 e. The Morgan fingerprint density at radius 1 is 0.867 bits per heavy atom. The lowest BCUT2D eigenvalue weighted by molar-refractivity contribution is 0.411. The van der Waals surface area contributed by atoms with E-state index < -0.39 is 9.12 Å². The van der Waals surface area contributed by atoms with Gasteiger partial charge in [-0.05, 0) is 39.7 Å². The molecule has 0 aromatic heterocycles. The highest BCUT2D eigenvalue weighted by Gasteiger charge is 2.32. The molecule has 1 heterocycles. The quantitative estimate of drug-likeness (QED) is 0.680. The molecule has 0 aromatic rings. The highest BCUT2D eigenvalue weighted by Crippen LogP contribution is 2.23. The molecule has 0 unspecified atom stereocenters. The van der Waals surface area contributed by atoms with E-state index in [1.165, 1.54) is 6.04 Å². The molecule has 1 aliphatic rings. The van der Waals surface area contributed by atoms with Crippen LogP contribution in [-0.2, 0) is 0 Å². The van der Waals surface area contributed by atoms with Gasteiger partial charge < -0.3 is 9.13 Å². The van der Waals surface area contributed by atoms with Gasteiger partial charge in [-0.25, -0.2) is 0 Å². The summed E-state index contributed by atoms with van der Waals surface area (Å²) in [6.45, 7) is 13.9. The molecule has 3 heteroatoms. The maximum atomic E-state index is 2.61. The third-order valence-corrected chi connectivity index (χ3v) is 7.25. The Balaban J connectivity index is 2.73. The standard InChI is InChI=1S/C12H26N2Si/c1-10(2)9-15-13(11(3)4)7-8-14(15)12(5)6/h7-8,10-12,15H,9H2,1-6H3. The van der Waals surface area contributed by atoms with E-state index in [0.717, 1.165) is 5.92 Å². The molecule has 0 fully saturated rings. The van der Waals surface area contributed by atoms with Crippen LogP contribution in [0.25, 0.3) is 0 Å². The van der Waals surface area contributed by atoms with Gasteiger partial charge in [0.05, 0.1) is 0 Å². The molecule has 0 saturated heterocycles. The minimum atomic E-state index is -0.929. The zero-order valence-electron chi connectivity index (χ0n) is 11.1. The Bertz CT molecular complexity index is 206. The Hall–Kier alpha value is -0.443. The van der Waals surface area contributed by atoms with E-state index in [9.17, 15) is 0 Å². The van der Waals surface area contributed by atoms with Crippen LogP contribution in [0.2, 0.25) is 6.04 Å². The Kier molecular flexibility index (Phi) is 4.26. The van der Waals surface area contributed by atoms with Crippen LogP contribution in [0.4, 0.5) is 0 Å². The molecule has 0 radical (unpaired) electrons. The van der Waals surface area contributed by atoms with E-state index in [0.29, 0.717) is 12.1 Å². The third kappa shape index (κ3) is 3.00. The van der Waals surface area contributed by atoms with E-state index >= 15 is 0 Å².